The first-order valence-corrected chi connectivity index (χ1v) is 17.0. The van der Waals surface area contributed by atoms with Crippen molar-refractivity contribution in [1.29, 1.82) is 0 Å². The van der Waals surface area contributed by atoms with E-state index < -0.39 is 0 Å². The second kappa shape index (κ2) is 17.0. The predicted molar refractivity (Wildman–Crippen MR) is 200 cm³/mol. The number of benzene rings is 4. The zero-order valence-electron chi connectivity index (χ0n) is 28.0. The van der Waals surface area contributed by atoms with Crippen molar-refractivity contribution in [2.24, 2.45) is 0 Å². The van der Waals surface area contributed by atoms with Crippen LogP contribution in [0.2, 0.25) is 0 Å². The number of aryl methyl sites for hydroxylation is 6. The van der Waals surface area contributed by atoms with Crippen LogP contribution in [0.3, 0.4) is 0 Å². The van der Waals surface area contributed by atoms with Gasteiger partial charge < -0.3 is 9.97 Å². The minimum atomic E-state index is 0. The molecular formula is C46H38IrN3. The Kier molecular flexibility index (Phi) is 11.8. The molecule has 0 aliphatic rings. The third-order valence-corrected chi connectivity index (χ3v) is 8.96. The molecule has 246 valence electrons. The Morgan fingerprint density at radius 1 is 0.420 bits per heavy atom. The number of nitrogens with zero attached hydrogens (tertiary/aromatic N) is 3. The predicted octanol–water partition coefficient (Wildman–Crippen LogP) is 10.0. The number of pyridine rings is 3. The zero-order chi connectivity index (χ0) is 33.3. The van der Waals surface area contributed by atoms with E-state index in [9.17, 15) is 0 Å². The van der Waals surface area contributed by atoms with Gasteiger partial charge in [0, 0.05) is 24.3 Å². The second-order valence-electron chi connectivity index (χ2n) is 12.5. The fourth-order valence-electron chi connectivity index (χ4n) is 6.21. The molecule has 0 amide bonds. The van der Waals surface area contributed by atoms with Crippen LogP contribution in [0.4, 0.5) is 0 Å². The van der Waals surface area contributed by atoms with E-state index in [2.05, 4.69) is 79.7 Å². The Hall–Kier alpha value is -5.15. The van der Waals surface area contributed by atoms with Crippen LogP contribution in [0.1, 0.15) is 38.9 Å². The first kappa shape index (κ1) is 34.7. The van der Waals surface area contributed by atoms with E-state index in [1.807, 2.05) is 85.3 Å². The molecule has 0 spiro atoms. The summed E-state index contributed by atoms with van der Waals surface area (Å²) in [7, 11) is 0. The van der Waals surface area contributed by atoms with Gasteiger partial charge in [-0.05, 0) is 89.4 Å². The molecule has 0 saturated heterocycles. The molecule has 0 bridgehead atoms. The monoisotopic (exact) mass is 825 g/mol. The molecule has 7 aromatic rings. The molecule has 0 aliphatic heterocycles. The quantitative estimate of drug-likeness (QED) is 0.115. The molecule has 3 heterocycles. The molecule has 0 aliphatic carbocycles. The topological polar surface area (TPSA) is 38.7 Å². The summed E-state index contributed by atoms with van der Waals surface area (Å²) in [6.07, 6.45) is 11.7. The first-order chi connectivity index (χ1) is 24.2. The number of aromatic nitrogens is 3. The number of hydrogen-bond acceptors (Lipinski definition) is 3. The Morgan fingerprint density at radius 2 is 0.820 bits per heavy atom. The summed E-state index contributed by atoms with van der Waals surface area (Å²) in [4.78, 5) is 14.2. The molecule has 0 saturated carbocycles. The van der Waals surface area contributed by atoms with Crippen molar-refractivity contribution in [3.05, 3.63) is 204 Å². The third-order valence-electron chi connectivity index (χ3n) is 8.96. The van der Waals surface area contributed by atoms with E-state index in [-0.39, 0.29) is 20.1 Å². The van der Waals surface area contributed by atoms with Crippen LogP contribution in [-0.4, -0.2) is 15.0 Å². The van der Waals surface area contributed by atoms with Crippen LogP contribution < -0.4 is 0 Å². The SMILES string of the molecule is [CH2-]c1ccccc1-c1ccc(CCc2cc(CCc3ccc(-c4[c-]cccc4)nc3)cc(CCc3ccc(-c4[c-]cccc4)nc3)c2)cn1.[Ir+3]. The maximum atomic E-state index is 4.78. The van der Waals surface area contributed by atoms with Crippen molar-refractivity contribution in [3.63, 3.8) is 0 Å². The van der Waals surface area contributed by atoms with Gasteiger partial charge in [0.25, 0.3) is 0 Å². The van der Waals surface area contributed by atoms with Gasteiger partial charge in [-0.1, -0.05) is 54.6 Å². The van der Waals surface area contributed by atoms with Crippen molar-refractivity contribution >= 4 is 0 Å². The summed E-state index contributed by atoms with van der Waals surface area (Å²) in [5, 5.41) is 0. The van der Waals surface area contributed by atoms with Gasteiger partial charge in [-0.15, -0.1) is 89.5 Å². The Balaban J connectivity index is 0.00000432. The molecule has 0 atom stereocenters. The van der Waals surface area contributed by atoms with Crippen molar-refractivity contribution in [1.82, 2.24) is 15.0 Å². The summed E-state index contributed by atoms with van der Waals surface area (Å²) in [5.41, 5.74) is 14.8. The maximum Gasteiger partial charge on any atom is 3.00 e. The normalized spacial score (nSPS) is 10.8. The van der Waals surface area contributed by atoms with E-state index in [4.69, 9.17) is 15.0 Å². The fourth-order valence-corrected chi connectivity index (χ4v) is 6.21. The molecule has 3 nitrogen and oxygen atoms in total. The van der Waals surface area contributed by atoms with Crippen LogP contribution in [0.5, 0.6) is 0 Å². The molecule has 0 fully saturated rings. The summed E-state index contributed by atoms with van der Waals surface area (Å²) in [6, 6.07) is 50.7. The summed E-state index contributed by atoms with van der Waals surface area (Å²) < 4.78 is 0. The van der Waals surface area contributed by atoms with Crippen LogP contribution >= 0.6 is 0 Å². The smallest absolute Gasteiger partial charge is 0.304 e. The average Bonchev–Trinajstić information content (AvgIpc) is 3.17. The van der Waals surface area contributed by atoms with Crippen molar-refractivity contribution in [2.45, 2.75) is 38.5 Å². The van der Waals surface area contributed by atoms with E-state index in [1.54, 1.807) is 0 Å². The van der Waals surface area contributed by atoms with E-state index in [0.717, 1.165) is 77.9 Å². The fraction of sp³-hybridized carbons (Fsp3) is 0.130. The standard InChI is InChI=1S/C46H38N3.Ir/c1-34-10-8-9-15-43(34)46-27-24-37(33-49-46)18-21-40-29-38(19-16-35-22-25-44(47-31-35)41-11-4-2-5-12-41)28-39(30-40)20-17-36-23-26-45(48-32-36)42-13-6-3-7-14-42;/h2-11,13,15,22-33H,1,16-21H2;/q-3;+3. The van der Waals surface area contributed by atoms with Gasteiger partial charge in [0.05, 0.1) is 0 Å². The number of rotatable bonds is 12. The Labute approximate surface area is 309 Å². The molecule has 7 rings (SSSR count). The van der Waals surface area contributed by atoms with Crippen LogP contribution in [0, 0.1) is 19.1 Å². The molecule has 0 radical (unpaired) electrons. The van der Waals surface area contributed by atoms with Gasteiger partial charge in [0.2, 0.25) is 0 Å². The van der Waals surface area contributed by atoms with Crippen molar-refractivity contribution in [2.75, 3.05) is 0 Å². The molecular weight excluding hydrogens is 787 g/mol. The Morgan fingerprint density at radius 3 is 1.20 bits per heavy atom. The van der Waals surface area contributed by atoms with Gasteiger partial charge in [-0.3, -0.25) is 4.98 Å². The van der Waals surface area contributed by atoms with E-state index in [0.29, 0.717) is 0 Å². The second-order valence-corrected chi connectivity index (χ2v) is 12.5. The summed E-state index contributed by atoms with van der Waals surface area (Å²) in [6.45, 7) is 4.16. The minimum absolute atomic E-state index is 0. The van der Waals surface area contributed by atoms with Crippen molar-refractivity contribution in [3.8, 4) is 33.8 Å². The Bertz CT molecular complexity index is 1990. The van der Waals surface area contributed by atoms with Crippen LogP contribution in [-0.2, 0) is 58.6 Å². The number of hydrogen-bond donors (Lipinski definition) is 0. The van der Waals surface area contributed by atoms with Crippen molar-refractivity contribution < 1.29 is 20.1 Å². The molecule has 3 aromatic heterocycles. The third kappa shape index (κ3) is 9.09. The summed E-state index contributed by atoms with van der Waals surface area (Å²) in [5.74, 6) is 0. The average molecular weight is 825 g/mol. The largest absolute Gasteiger partial charge is 3.00 e. The zero-order valence-corrected chi connectivity index (χ0v) is 30.4. The maximum absolute atomic E-state index is 4.78. The molecule has 0 N–H and O–H groups in total. The van der Waals surface area contributed by atoms with Gasteiger partial charge in [-0.25, -0.2) is 0 Å². The molecule has 0 unspecified atom stereocenters. The summed E-state index contributed by atoms with van der Waals surface area (Å²) >= 11 is 0. The van der Waals surface area contributed by atoms with Crippen LogP contribution in [0.15, 0.2) is 146 Å². The van der Waals surface area contributed by atoms with Gasteiger partial charge in [0.15, 0.2) is 0 Å². The molecule has 4 heteroatoms. The minimum Gasteiger partial charge on any atom is -0.304 e. The van der Waals surface area contributed by atoms with Gasteiger partial charge in [0.1, 0.15) is 0 Å². The molecule has 50 heavy (non-hydrogen) atoms. The van der Waals surface area contributed by atoms with Gasteiger partial charge >= 0.3 is 20.1 Å². The van der Waals surface area contributed by atoms with E-state index in [1.165, 1.54) is 33.4 Å². The van der Waals surface area contributed by atoms with Gasteiger partial charge in [-0.2, -0.15) is 18.6 Å². The molecule has 4 aromatic carbocycles. The van der Waals surface area contributed by atoms with E-state index >= 15 is 0 Å². The van der Waals surface area contributed by atoms with Crippen LogP contribution in [0.25, 0.3) is 33.8 Å². The first-order valence-electron chi connectivity index (χ1n) is 17.0.